The molecular weight excluding hydrogens is 290 g/mol. The number of para-hydroxylation sites is 1. The van der Waals surface area contributed by atoms with Gasteiger partial charge in [-0.2, -0.15) is 11.8 Å². The summed E-state index contributed by atoms with van der Waals surface area (Å²) in [5, 5.41) is 3.04. The van der Waals surface area contributed by atoms with Crippen LogP contribution in [0.2, 0.25) is 0 Å². The summed E-state index contributed by atoms with van der Waals surface area (Å²) in [5.41, 5.74) is 3.43. The number of anilines is 1. The van der Waals surface area contributed by atoms with Crippen LogP contribution < -0.4 is 5.32 Å². The molecule has 2 aromatic carbocycles. The van der Waals surface area contributed by atoms with Gasteiger partial charge in [-0.1, -0.05) is 62.4 Å². The average molecular weight is 313 g/mol. The number of amides is 1. The fourth-order valence-corrected chi connectivity index (χ4v) is 3.16. The van der Waals surface area contributed by atoms with Gasteiger partial charge in [-0.25, -0.2) is 0 Å². The number of carbonyl (C=O) groups is 1. The minimum Gasteiger partial charge on any atom is -0.326 e. The summed E-state index contributed by atoms with van der Waals surface area (Å²) in [4.78, 5) is 12.1. The van der Waals surface area contributed by atoms with Gasteiger partial charge in [0.15, 0.2) is 0 Å². The number of carbonyl (C=O) groups excluding carboxylic acids is 1. The summed E-state index contributed by atoms with van der Waals surface area (Å²) in [6.45, 7) is 4.28. The lowest BCUT2D eigenvalue weighted by molar-refractivity contribution is -0.115. The van der Waals surface area contributed by atoms with Gasteiger partial charge in [0.25, 0.3) is 0 Å². The van der Waals surface area contributed by atoms with E-state index in [9.17, 15) is 4.79 Å². The molecule has 116 valence electrons. The molecule has 1 N–H and O–H groups in total. The van der Waals surface area contributed by atoms with Gasteiger partial charge in [0.05, 0.1) is 0 Å². The Morgan fingerprint density at radius 3 is 2.45 bits per heavy atom. The smallest absolute Gasteiger partial charge is 0.225 e. The van der Waals surface area contributed by atoms with E-state index in [1.807, 2.05) is 36.4 Å². The standard InChI is InChI=1S/C19H23NOS/c1-15(2)17-10-6-7-11-18(17)20-19(21)12-13-22-14-16-8-4-3-5-9-16/h3-11,15H,12-14H2,1-2H3,(H,20,21). The van der Waals surface area contributed by atoms with Gasteiger partial charge in [0.1, 0.15) is 0 Å². The number of benzene rings is 2. The first-order valence-electron chi connectivity index (χ1n) is 7.67. The molecule has 2 aromatic rings. The van der Waals surface area contributed by atoms with Crippen molar-refractivity contribution >= 4 is 23.4 Å². The predicted octanol–water partition coefficient (Wildman–Crippen LogP) is 5.07. The van der Waals surface area contributed by atoms with Crippen LogP contribution in [0.5, 0.6) is 0 Å². The largest absolute Gasteiger partial charge is 0.326 e. The van der Waals surface area contributed by atoms with Crippen molar-refractivity contribution in [3.63, 3.8) is 0 Å². The Morgan fingerprint density at radius 1 is 1.05 bits per heavy atom. The van der Waals surface area contributed by atoms with Gasteiger partial charge in [-0.15, -0.1) is 0 Å². The SMILES string of the molecule is CC(C)c1ccccc1NC(=O)CCSCc1ccccc1. The zero-order chi connectivity index (χ0) is 15.8. The van der Waals surface area contributed by atoms with Crippen molar-refractivity contribution in [1.29, 1.82) is 0 Å². The van der Waals surface area contributed by atoms with Crippen LogP contribution in [0.4, 0.5) is 5.69 Å². The normalized spacial score (nSPS) is 10.7. The number of nitrogens with one attached hydrogen (secondary N) is 1. The number of thioether (sulfide) groups is 1. The first-order valence-corrected chi connectivity index (χ1v) is 8.82. The van der Waals surface area contributed by atoms with E-state index >= 15 is 0 Å². The highest BCUT2D eigenvalue weighted by Crippen LogP contribution is 2.24. The summed E-state index contributed by atoms with van der Waals surface area (Å²) in [5.74, 6) is 2.29. The monoisotopic (exact) mass is 313 g/mol. The molecule has 0 saturated heterocycles. The van der Waals surface area contributed by atoms with E-state index in [-0.39, 0.29) is 5.91 Å². The Morgan fingerprint density at radius 2 is 1.73 bits per heavy atom. The van der Waals surface area contributed by atoms with E-state index < -0.39 is 0 Å². The fraction of sp³-hybridized carbons (Fsp3) is 0.316. The molecule has 2 nitrogen and oxygen atoms in total. The molecule has 0 aliphatic rings. The van der Waals surface area contributed by atoms with Crippen molar-refractivity contribution in [2.24, 2.45) is 0 Å². The molecule has 0 saturated carbocycles. The molecule has 22 heavy (non-hydrogen) atoms. The number of hydrogen-bond donors (Lipinski definition) is 1. The zero-order valence-electron chi connectivity index (χ0n) is 13.2. The lowest BCUT2D eigenvalue weighted by atomic mass is 10.0. The second-order valence-electron chi connectivity index (χ2n) is 5.58. The van der Waals surface area contributed by atoms with Crippen molar-refractivity contribution in [2.45, 2.75) is 31.9 Å². The lowest BCUT2D eigenvalue weighted by Crippen LogP contribution is -2.14. The van der Waals surface area contributed by atoms with E-state index in [1.54, 1.807) is 11.8 Å². The molecular formula is C19H23NOS. The summed E-state index contributed by atoms with van der Waals surface area (Å²) in [6, 6.07) is 18.4. The minimum atomic E-state index is 0.0914. The van der Waals surface area contributed by atoms with Crippen LogP contribution in [0.25, 0.3) is 0 Å². The first-order chi connectivity index (χ1) is 10.7. The number of rotatable bonds is 7. The topological polar surface area (TPSA) is 29.1 Å². The maximum absolute atomic E-state index is 12.1. The Kier molecular flexibility index (Phi) is 6.53. The lowest BCUT2D eigenvalue weighted by Gasteiger charge is -2.13. The highest BCUT2D eigenvalue weighted by Gasteiger charge is 2.08. The van der Waals surface area contributed by atoms with Gasteiger partial charge in [-0.3, -0.25) is 4.79 Å². The molecule has 0 aromatic heterocycles. The van der Waals surface area contributed by atoms with Crippen LogP contribution in [-0.2, 0) is 10.5 Å². The van der Waals surface area contributed by atoms with Crippen LogP contribution in [0.1, 0.15) is 37.3 Å². The fourth-order valence-electron chi connectivity index (χ4n) is 2.26. The minimum absolute atomic E-state index is 0.0914. The van der Waals surface area contributed by atoms with E-state index in [4.69, 9.17) is 0 Å². The Labute approximate surface area is 137 Å². The van der Waals surface area contributed by atoms with E-state index in [0.29, 0.717) is 12.3 Å². The van der Waals surface area contributed by atoms with E-state index in [1.165, 1.54) is 11.1 Å². The summed E-state index contributed by atoms with van der Waals surface area (Å²) in [6.07, 6.45) is 0.546. The van der Waals surface area contributed by atoms with Gasteiger partial charge < -0.3 is 5.32 Å². The maximum Gasteiger partial charge on any atom is 0.225 e. The molecule has 0 aliphatic carbocycles. The van der Waals surface area contributed by atoms with Gasteiger partial charge in [0.2, 0.25) is 5.91 Å². The third kappa shape index (κ3) is 5.23. The number of hydrogen-bond acceptors (Lipinski definition) is 2. The maximum atomic E-state index is 12.1. The van der Waals surface area contributed by atoms with Crippen molar-refractivity contribution < 1.29 is 4.79 Å². The molecule has 0 fully saturated rings. The molecule has 0 radical (unpaired) electrons. The van der Waals surface area contributed by atoms with Crippen LogP contribution >= 0.6 is 11.8 Å². The van der Waals surface area contributed by atoms with Crippen LogP contribution in [-0.4, -0.2) is 11.7 Å². The van der Waals surface area contributed by atoms with Crippen LogP contribution in [0.15, 0.2) is 54.6 Å². The predicted molar refractivity (Wildman–Crippen MR) is 96.4 cm³/mol. The van der Waals surface area contributed by atoms with E-state index in [2.05, 4.69) is 37.4 Å². The molecule has 0 unspecified atom stereocenters. The van der Waals surface area contributed by atoms with E-state index in [0.717, 1.165) is 17.2 Å². The van der Waals surface area contributed by atoms with Crippen LogP contribution in [0, 0.1) is 0 Å². The van der Waals surface area contributed by atoms with Gasteiger partial charge in [0, 0.05) is 23.6 Å². The van der Waals surface area contributed by atoms with Gasteiger partial charge >= 0.3 is 0 Å². The average Bonchev–Trinajstić information content (AvgIpc) is 2.53. The molecule has 1 amide bonds. The van der Waals surface area contributed by atoms with Crippen LogP contribution in [0.3, 0.4) is 0 Å². The highest BCUT2D eigenvalue weighted by molar-refractivity contribution is 7.98. The summed E-state index contributed by atoms with van der Waals surface area (Å²) < 4.78 is 0. The molecule has 0 spiro atoms. The molecule has 2 rings (SSSR count). The van der Waals surface area contributed by atoms with Crippen molar-refractivity contribution in [2.75, 3.05) is 11.1 Å². The Bertz CT molecular complexity index is 595. The molecule has 0 bridgehead atoms. The third-order valence-electron chi connectivity index (χ3n) is 3.44. The first kappa shape index (κ1) is 16.6. The molecule has 0 aliphatic heterocycles. The second-order valence-corrected chi connectivity index (χ2v) is 6.68. The molecule has 3 heteroatoms. The molecule has 0 atom stereocenters. The van der Waals surface area contributed by atoms with Crippen molar-refractivity contribution in [3.05, 3.63) is 65.7 Å². The summed E-state index contributed by atoms with van der Waals surface area (Å²) in [7, 11) is 0. The summed E-state index contributed by atoms with van der Waals surface area (Å²) >= 11 is 1.79. The highest BCUT2D eigenvalue weighted by atomic mass is 32.2. The quantitative estimate of drug-likeness (QED) is 0.723. The third-order valence-corrected chi connectivity index (χ3v) is 4.47. The second kappa shape index (κ2) is 8.64. The van der Waals surface area contributed by atoms with Gasteiger partial charge in [-0.05, 0) is 23.1 Å². The Balaban J connectivity index is 1.77. The Hall–Kier alpha value is -1.74. The van der Waals surface area contributed by atoms with Crippen molar-refractivity contribution in [1.82, 2.24) is 0 Å². The molecule has 0 heterocycles. The van der Waals surface area contributed by atoms with Crippen molar-refractivity contribution in [3.8, 4) is 0 Å². The zero-order valence-corrected chi connectivity index (χ0v) is 14.0.